The molecule has 0 aliphatic rings. The number of amides is 1. The van der Waals surface area contributed by atoms with Crippen LogP contribution in [0.25, 0.3) is 0 Å². The van der Waals surface area contributed by atoms with Gasteiger partial charge in [-0.3, -0.25) is 4.79 Å². The van der Waals surface area contributed by atoms with Crippen LogP contribution in [0, 0.1) is 0 Å². The molecule has 0 bridgehead atoms. The molecule has 0 radical (unpaired) electrons. The summed E-state index contributed by atoms with van der Waals surface area (Å²) in [6.45, 7) is 0.282. The molecule has 116 valence electrons. The maximum Gasteiger partial charge on any atom is 0.417 e. The number of para-hydroxylation sites is 1. The third-order valence-corrected chi connectivity index (χ3v) is 2.88. The summed E-state index contributed by atoms with van der Waals surface area (Å²) in [5.41, 5.74) is -1.34. The number of halogens is 3. The molecule has 0 spiro atoms. The lowest BCUT2D eigenvalue weighted by atomic mass is 10.1. The second-order valence-corrected chi connectivity index (χ2v) is 4.46. The molecule has 0 saturated carbocycles. The Labute approximate surface area is 125 Å². The van der Waals surface area contributed by atoms with Crippen LogP contribution in [0.5, 0.6) is 5.75 Å². The summed E-state index contributed by atoms with van der Waals surface area (Å²) >= 11 is 0. The fourth-order valence-electron chi connectivity index (χ4n) is 1.87. The molecular formula is C16H14F3NO2. The van der Waals surface area contributed by atoms with E-state index in [1.165, 1.54) is 12.1 Å². The van der Waals surface area contributed by atoms with Crippen LogP contribution in [0.2, 0.25) is 0 Å². The Kier molecular flexibility index (Phi) is 5.04. The van der Waals surface area contributed by atoms with Gasteiger partial charge in [0.15, 0.2) is 0 Å². The Morgan fingerprint density at radius 3 is 2.32 bits per heavy atom. The lowest BCUT2D eigenvalue weighted by molar-refractivity contribution is -0.137. The van der Waals surface area contributed by atoms with E-state index in [9.17, 15) is 18.0 Å². The number of hydrogen-bond donors (Lipinski definition) is 1. The van der Waals surface area contributed by atoms with Crippen LogP contribution >= 0.6 is 0 Å². The first-order chi connectivity index (χ1) is 10.5. The molecule has 0 atom stereocenters. The van der Waals surface area contributed by atoms with E-state index in [0.717, 1.165) is 12.1 Å². The van der Waals surface area contributed by atoms with E-state index >= 15 is 0 Å². The Morgan fingerprint density at radius 1 is 1.00 bits per heavy atom. The monoisotopic (exact) mass is 309 g/mol. The van der Waals surface area contributed by atoms with Crippen molar-refractivity contribution in [2.45, 2.75) is 6.18 Å². The van der Waals surface area contributed by atoms with E-state index in [0.29, 0.717) is 5.75 Å². The average molecular weight is 309 g/mol. The number of rotatable bonds is 5. The minimum Gasteiger partial charge on any atom is -0.492 e. The number of carbonyl (C=O) groups excluding carboxylic acids is 1. The highest BCUT2D eigenvalue weighted by molar-refractivity contribution is 5.95. The first-order valence-electron chi connectivity index (χ1n) is 6.61. The Morgan fingerprint density at radius 2 is 1.64 bits per heavy atom. The van der Waals surface area contributed by atoms with Gasteiger partial charge in [-0.1, -0.05) is 30.3 Å². The molecule has 0 aliphatic carbocycles. The zero-order valence-electron chi connectivity index (χ0n) is 11.6. The van der Waals surface area contributed by atoms with Gasteiger partial charge in [0.25, 0.3) is 5.91 Å². The predicted molar refractivity (Wildman–Crippen MR) is 75.7 cm³/mol. The molecule has 0 unspecified atom stereocenters. The van der Waals surface area contributed by atoms with Gasteiger partial charge < -0.3 is 10.1 Å². The average Bonchev–Trinajstić information content (AvgIpc) is 2.51. The third kappa shape index (κ3) is 4.25. The first-order valence-corrected chi connectivity index (χ1v) is 6.61. The van der Waals surface area contributed by atoms with Gasteiger partial charge in [-0.05, 0) is 24.3 Å². The van der Waals surface area contributed by atoms with Crippen molar-refractivity contribution >= 4 is 5.91 Å². The zero-order valence-corrected chi connectivity index (χ0v) is 11.6. The van der Waals surface area contributed by atoms with Crippen molar-refractivity contribution in [2.75, 3.05) is 13.2 Å². The van der Waals surface area contributed by atoms with Crippen LogP contribution in [0.1, 0.15) is 15.9 Å². The molecule has 0 fully saturated rings. The van der Waals surface area contributed by atoms with Crippen LogP contribution in [0.15, 0.2) is 54.6 Å². The highest BCUT2D eigenvalue weighted by Gasteiger charge is 2.34. The van der Waals surface area contributed by atoms with E-state index in [2.05, 4.69) is 5.32 Å². The van der Waals surface area contributed by atoms with Crippen molar-refractivity contribution in [1.29, 1.82) is 0 Å². The second-order valence-electron chi connectivity index (χ2n) is 4.46. The second kappa shape index (κ2) is 6.98. The van der Waals surface area contributed by atoms with Crippen LogP contribution in [-0.2, 0) is 6.18 Å². The van der Waals surface area contributed by atoms with Crippen molar-refractivity contribution in [1.82, 2.24) is 5.32 Å². The molecular weight excluding hydrogens is 295 g/mol. The highest BCUT2D eigenvalue weighted by atomic mass is 19.4. The number of benzene rings is 2. The molecule has 22 heavy (non-hydrogen) atoms. The van der Waals surface area contributed by atoms with E-state index in [4.69, 9.17) is 4.74 Å². The number of ether oxygens (including phenoxy) is 1. The summed E-state index contributed by atoms with van der Waals surface area (Å²) in [6, 6.07) is 13.6. The summed E-state index contributed by atoms with van der Waals surface area (Å²) in [5, 5.41) is 2.42. The Bertz CT molecular complexity index is 627. The van der Waals surface area contributed by atoms with Gasteiger partial charge >= 0.3 is 6.18 Å². The van der Waals surface area contributed by atoms with E-state index in [1.807, 2.05) is 6.07 Å². The molecule has 1 amide bonds. The summed E-state index contributed by atoms with van der Waals surface area (Å²) in [4.78, 5) is 11.9. The number of carbonyl (C=O) groups is 1. The molecule has 2 rings (SSSR count). The third-order valence-electron chi connectivity index (χ3n) is 2.88. The number of alkyl halides is 3. The topological polar surface area (TPSA) is 38.3 Å². The number of hydrogen-bond acceptors (Lipinski definition) is 2. The van der Waals surface area contributed by atoms with Gasteiger partial charge in [0.2, 0.25) is 0 Å². The van der Waals surface area contributed by atoms with Gasteiger partial charge in [-0.15, -0.1) is 0 Å². The van der Waals surface area contributed by atoms with Gasteiger partial charge in [-0.2, -0.15) is 13.2 Å². The maximum absolute atomic E-state index is 12.8. The zero-order chi connectivity index (χ0) is 16.0. The first kappa shape index (κ1) is 15.9. The molecule has 2 aromatic carbocycles. The lowest BCUT2D eigenvalue weighted by Crippen LogP contribution is -2.30. The number of nitrogens with one attached hydrogen (secondary N) is 1. The van der Waals surface area contributed by atoms with Crippen molar-refractivity contribution in [3.63, 3.8) is 0 Å². The fourth-order valence-corrected chi connectivity index (χ4v) is 1.87. The maximum atomic E-state index is 12.8. The Balaban J connectivity index is 1.91. The van der Waals surface area contributed by atoms with Gasteiger partial charge in [0.05, 0.1) is 17.7 Å². The molecule has 0 saturated heterocycles. The SMILES string of the molecule is O=C(NCCOc1ccccc1)c1ccccc1C(F)(F)F. The largest absolute Gasteiger partial charge is 0.492 e. The predicted octanol–water partition coefficient (Wildman–Crippen LogP) is 3.51. The molecule has 1 N–H and O–H groups in total. The highest BCUT2D eigenvalue weighted by Crippen LogP contribution is 2.31. The smallest absolute Gasteiger partial charge is 0.417 e. The van der Waals surface area contributed by atoms with Gasteiger partial charge in [-0.25, -0.2) is 0 Å². The summed E-state index contributed by atoms with van der Waals surface area (Å²) in [6.07, 6.45) is -4.56. The molecule has 0 aromatic heterocycles. The summed E-state index contributed by atoms with van der Waals surface area (Å²) in [5.74, 6) is -0.142. The molecule has 2 aromatic rings. The minimum atomic E-state index is -4.56. The normalized spacial score (nSPS) is 11.0. The molecule has 3 nitrogen and oxygen atoms in total. The minimum absolute atomic E-state index is 0.111. The fraction of sp³-hybridized carbons (Fsp3) is 0.188. The van der Waals surface area contributed by atoms with Crippen molar-refractivity contribution in [3.8, 4) is 5.75 Å². The lowest BCUT2D eigenvalue weighted by Gasteiger charge is -2.13. The van der Waals surface area contributed by atoms with Crippen LogP contribution in [0.3, 0.4) is 0 Å². The van der Waals surface area contributed by atoms with Crippen molar-refractivity contribution in [2.24, 2.45) is 0 Å². The molecule has 0 aliphatic heterocycles. The van der Waals surface area contributed by atoms with Crippen LogP contribution < -0.4 is 10.1 Å². The standard InChI is InChI=1S/C16H14F3NO2/c17-16(18,19)14-9-5-4-8-13(14)15(21)20-10-11-22-12-6-2-1-3-7-12/h1-9H,10-11H2,(H,20,21). The van der Waals surface area contributed by atoms with Crippen LogP contribution in [0.4, 0.5) is 13.2 Å². The molecule has 6 heteroatoms. The van der Waals surface area contributed by atoms with Crippen molar-refractivity contribution in [3.05, 3.63) is 65.7 Å². The van der Waals surface area contributed by atoms with Gasteiger partial charge in [0.1, 0.15) is 12.4 Å². The van der Waals surface area contributed by atoms with Crippen molar-refractivity contribution < 1.29 is 22.7 Å². The van der Waals surface area contributed by atoms with Crippen LogP contribution in [-0.4, -0.2) is 19.1 Å². The summed E-state index contributed by atoms with van der Waals surface area (Å²) < 4.78 is 43.8. The van der Waals surface area contributed by atoms with E-state index < -0.39 is 23.2 Å². The van der Waals surface area contributed by atoms with Gasteiger partial charge in [0, 0.05) is 0 Å². The summed E-state index contributed by atoms with van der Waals surface area (Å²) in [7, 11) is 0. The van der Waals surface area contributed by atoms with E-state index in [1.54, 1.807) is 24.3 Å². The van der Waals surface area contributed by atoms with E-state index in [-0.39, 0.29) is 13.2 Å². The quantitative estimate of drug-likeness (QED) is 0.858. The molecule has 0 heterocycles. The Hall–Kier alpha value is -2.50.